The number of rotatable bonds is 4. The molecule has 0 bridgehead atoms. The molecule has 0 N–H and O–H groups in total. The van der Waals surface area contributed by atoms with Gasteiger partial charge in [-0.05, 0) is 32.0 Å². The van der Waals surface area contributed by atoms with E-state index in [9.17, 15) is 26.3 Å². The third-order valence-corrected chi connectivity index (χ3v) is 4.32. The Morgan fingerprint density at radius 3 is 2.07 bits per heavy atom. The van der Waals surface area contributed by atoms with Crippen LogP contribution in [0.2, 0.25) is 0 Å². The molecular weight excluding hydrogens is 414 g/mol. The van der Waals surface area contributed by atoms with E-state index in [1.54, 1.807) is 0 Å². The average Bonchev–Trinajstić information content (AvgIpc) is 3.02. The Labute approximate surface area is 167 Å². The van der Waals surface area contributed by atoms with Crippen LogP contribution in [0.25, 0.3) is 11.4 Å². The van der Waals surface area contributed by atoms with E-state index in [4.69, 9.17) is 4.74 Å². The van der Waals surface area contributed by atoms with Gasteiger partial charge in [0.2, 0.25) is 5.88 Å². The highest BCUT2D eigenvalue weighted by Gasteiger charge is 2.39. The van der Waals surface area contributed by atoms with E-state index in [0.717, 1.165) is 24.4 Å². The first-order valence-electron chi connectivity index (χ1n) is 8.60. The highest BCUT2D eigenvalue weighted by atomic mass is 19.4. The molecule has 3 aromatic rings. The summed E-state index contributed by atoms with van der Waals surface area (Å²) in [6.07, 6.45) is -8.18. The largest absolute Gasteiger partial charge is 0.463 e. The molecule has 0 unspecified atom stereocenters. The Hall–Kier alpha value is -3.11. The minimum Gasteiger partial charge on any atom is -0.463 e. The van der Waals surface area contributed by atoms with Crippen molar-refractivity contribution in [1.29, 1.82) is 0 Å². The number of hydrogen-bond donors (Lipinski definition) is 0. The summed E-state index contributed by atoms with van der Waals surface area (Å²) in [6, 6.07) is 6.76. The smallest absolute Gasteiger partial charge is 0.421 e. The van der Waals surface area contributed by atoms with Gasteiger partial charge in [-0.3, -0.25) is 0 Å². The molecule has 0 spiro atoms. The molecule has 0 aliphatic rings. The van der Waals surface area contributed by atoms with Crippen LogP contribution in [-0.4, -0.2) is 19.7 Å². The summed E-state index contributed by atoms with van der Waals surface area (Å²) in [7, 11) is 1.41. The molecule has 0 saturated carbocycles. The molecule has 5 nitrogen and oxygen atoms in total. The number of alkyl halides is 6. The second-order valence-corrected chi connectivity index (χ2v) is 6.92. The minimum absolute atomic E-state index is 0.0215. The Morgan fingerprint density at radius 1 is 0.833 bits per heavy atom. The molecule has 0 atom stereocenters. The van der Waals surface area contributed by atoms with Crippen LogP contribution in [0.4, 0.5) is 26.3 Å². The summed E-state index contributed by atoms with van der Waals surface area (Å²) >= 11 is 0. The fourth-order valence-electron chi connectivity index (χ4n) is 2.99. The van der Waals surface area contributed by atoms with Gasteiger partial charge < -0.3 is 9.30 Å². The maximum Gasteiger partial charge on any atom is 0.421 e. The van der Waals surface area contributed by atoms with E-state index in [0.29, 0.717) is 0 Å². The first kappa shape index (κ1) is 21.6. The number of benzene rings is 1. The quantitative estimate of drug-likeness (QED) is 0.532. The molecule has 3 rings (SSSR count). The third kappa shape index (κ3) is 4.10. The van der Waals surface area contributed by atoms with Crippen molar-refractivity contribution >= 4 is 0 Å². The zero-order valence-corrected chi connectivity index (χ0v) is 16.0. The number of aromatic nitrogens is 4. The van der Waals surface area contributed by atoms with Gasteiger partial charge in [0, 0.05) is 18.8 Å². The van der Waals surface area contributed by atoms with Crippen LogP contribution in [-0.2, 0) is 25.0 Å². The first-order chi connectivity index (χ1) is 13.8. The fourth-order valence-corrected chi connectivity index (χ4v) is 2.99. The molecule has 0 saturated heterocycles. The number of hydrogen-bond acceptors (Lipinski definition) is 4. The van der Waals surface area contributed by atoms with Gasteiger partial charge in [0.25, 0.3) is 0 Å². The number of halogens is 6. The monoisotopic (exact) mass is 430 g/mol. The second-order valence-electron chi connectivity index (χ2n) is 6.92. The summed E-state index contributed by atoms with van der Waals surface area (Å²) in [4.78, 5) is 3.65. The van der Waals surface area contributed by atoms with Crippen LogP contribution < -0.4 is 4.74 Å². The molecule has 0 aliphatic heterocycles. The highest BCUT2D eigenvalue weighted by Crippen LogP contribution is 2.39. The van der Waals surface area contributed by atoms with Crippen molar-refractivity contribution in [3.8, 4) is 17.3 Å². The molecule has 160 valence electrons. The summed E-state index contributed by atoms with van der Waals surface area (Å²) in [5, 5.41) is 7.72. The predicted molar refractivity (Wildman–Crippen MR) is 94.3 cm³/mol. The van der Waals surface area contributed by atoms with Gasteiger partial charge >= 0.3 is 12.4 Å². The fraction of sp³-hybridized carbons (Fsp3) is 0.316. The maximum absolute atomic E-state index is 13.4. The highest BCUT2D eigenvalue weighted by molar-refractivity contribution is 5.61. The third-order valence-electron chi connectivity index (χ3n) is 4.32. The molecule has 1 aromatic carbocycles. The maximum atomic E-state index is 13.4. The zero-order valence-electron chi connectivity index (χ0n) is 16.0. The van der Waals surface area contributed by atoms with Crippen molar-refractivity contribution in [2.75, 3.05) is 0 Å². The van der Waals surface area contributed by atoms with E-state index in [1.165, 1.54) is 43.7 Å². The number of pyridine rings is 1. The minimum atomic E-state index is -4.70. The van der Waals surface area contributed by atoms with Crippen LogP contribution in [0.1, 0.15) is 30.8 Å². The molecule has 0 radical (unpaired) electrons. The first-order valence-corrected chi connectivity index (χ1v) is 8.60. The lowest BCUT2D eigenvalue weighted by molar-refractivity contribution is -0.140. The van der Waals surface area contributed by atoms with Crippen molar-refractivity contribution in [1.82, 2.24) is 19.7 Å². The molecule has 11 heteroatoms. The zero-order chi connectivity index (χ0) is 22.3. The van der Waals surface area contributed by atoms with Gasteiger partial charge in [0.1, 0.15) is 5.56 Å². The van der Waals surface area contributed by atoms with Crippen molar-refractivity contribution in [3.63, 3.8) is 0 Å². The molecule has 0 fully saturated rings. The molecule has 2 aromatic heterocycles. The van der Waals surface area contributed by atoms with Crippen molar-refractivity contribution in [2.24, 2.45) is 7.05 Å². The van der Waals surface area contributed by atoms with Crippen LogP contribution in [0.15, 0.2) is 42.6 Å². The summed E-state index contributed by atoms with van der Waals surface area (Å²) in [6.45, 7) is 2.84. The summed E-state index contributed by atoms with van der Waals surface area (Å²) < 4.78 is 86.5. The van der Waals surface area contributed by atoms with E-state index in [2.05, 4.69) is 15.2 Å². The number of nitrogens with zero attached hydrogens (tertiary/aromatic N) is 4. The van der Waals surface area contributed by atoms with Crippen LogP contribution in [0, 0.1) is 0 Å². The van der Waals surface area contributed by atoms with E-state index in [-0.39, 0.29) is 17.2 Å². The molecular formula is C19H16F6N4O. The average molecular weight is 430 g/mol. The Balaban J connectivity index is 2.03. The standard InChI is InChI=1S/C19H16F6N4O/c1-17(2,30-15-13(19(23,24)25)9-6-10-26-15)16-28-27-14(29(16)3)11-7-4-5-8-12(11)18(20,21)22/h4-10H,1-3H3. The van der Waals surface area contributed by atoms with Gasteiger partial charge in [-0.2, -0.15) is 26.3 Å². The summed E-state index contributed by atoms with van der Waals surface area (Å²) in [5.41, 5.74) is -3.68. The van der Waals surface area contributed by atoms with Crippen molar-refractivity contribution in [3.05, 3.63) is 59.5 Å². The van der Waals surface area contributed by atoms with Gasteiger partial charge in [0.15, 0.2) is 17.2 Å². The van der Waals surface area contributed by atoms with Crippen molar-refractivity contribution in [2.45, 2.75) is 31.8 Å². The molecule has 2 heterocycles. The number of ether oxygens (including phenoxy) is 1. The van der Waals surface area contributed by atoms with Gasteiger partial charge in [-0.15, -0.1) is 10.2 Å². The van der Waals surface area contributed by atoms with Crippen LogP contribution >= 0.6 is 0 Å². The topological polar surface area (TPSA) is 52.8 Å². The predicted octanol–water partition coefficient (Wildman–Crippen LogP) is 5.23. The normalized spacial score (nSPS) is 12.8. The van der Waals surface area contributed by atoms with Gasteiger partial charge in [-0.25, -0.2) is 4.98 Å². The SMILES string of the molecule is Cn1c(-c2ccccc2C(F)(F)F)nnc1C(C)(C)Oc1ncccc1C(F)(F)F. The van der Waals surface area contributed by atoms with Gasteiger partial charge in [0.05, 0.1) is 5.56 Å². The van der Waals surface area contributed by atoms with E-state index < -0.39 is 35.0 Å². The lowest BCUT2D eigenvalue weighted by atomic mass is 10.1. The summed E-state index contributed by atoms with van der Waals surface area (Å²) in [5.74, 6) is -0.754. The van der Waals surface area contributed by atoms with Crippen LogP contribution in [0.5, 0.6) is 5.88 Å². The lowest BCUT2D eigenvalue weighted by Crippen LogP contribution is -2.30. The molecule has 0 aliphatic carbocycles. The Morgan fingerprint density at radius 2 is 1.43 bits per heavy atom. The van der Waals surface area contributed by atoms with Crippen LogP contribution in [0.3, 0.4) is 0 Å². The van der Waals surface area contributed by atoms with E-state index >= 15 is 0 Å². The van der Waals surface area contributed by atoms with E-state index in [1.807, 2.05) is 0 Å². The molecule has 30 heavy (non-hydrogen) atoms. The lowest BCUT2D eigenvalue weighted by Gasteiger charge is -2.26. The van der Waals surface area contributed by atoms with Crippen molar-refractivity contribution < 1.29 is 31.1 Å². The Bertz CT molecular complexity index is 1060. The Kier molecular flexibility index (Phi) is 5.25. The molecule has 0 amide bonds. The van der Waals surface area contributed by atoms with Gasteiger partial charge in [-0.1, -0.05) is 18.2 Å². The second kappa shape index (κ2) is 7.29.